The Balaban J connectivity index is 1.35. The second-order valence-electron chi connectivity index (χ2n) is 7.38. The van der Waals surface area contributed by atoms with Crippen LogP contribution in [0.25, 0.3) is 0 Å². The predicted molar refractivity (Wildman–Crippen MR) is 108 cm³/mol. The van der Waals surface area contributed by atoms with Gasteiger partial charge in [0.05, 0.1) is 31.1 Å². The average molecular weight is 391 g/mol. The topological polar surface area (TPSA) is 73.1 Å². The molecule has 1 fully saturated rings. The van der Waals surface area contributed by atoms with Crippen LogP contribution in [0, 0.1) is 6.92 Å². The van der Waals surface area contributed by atoms with E-state index in [1.165, 1.54) is 5.56 Å². The van der Waals surface area contributed by atoms with Crippen LogP contribution < -0.4 is 0 Å². The second kappa shape index (κ2) is 8.96. The molecule has 7 nitrogen and oxygen atoms in total. The number of nitrogens with zero attached hydrogens (tertiary/aromatic N) is 5. The van der Waals surface area contributed by atoms with Crippen molar-refractivity contribution in [2.24, 2.45) is 0 Å². The van der Waals surface area contributed by atoms with Crippen molar-refractivity contribution in [2.75, 3.05) is 13.1 Å². The summed E-state index contributed by atoms with van der Waals surface area (Å²) in [6.45, 7) is 4.41. The van der Waals surface area contributed by atoms with E-state index in [-0.39, 0.29) is 12.0 Å². The monoisotopic (exact) mass is 391 g/mol. The zero-order valence-electron chi connectivity index (χ0n) is 16.6. The van der Waals surface area contributed by atoms with Gasteiger partial charge in [-0.3, -0.25) is 9.78 Å². The van der Waals surface area contributed by atoms with Crippen molar-refractivity contribution >= 4 is 5.91 Å². The summed E-state index contributed by atoms with van der Waals surface area (Å²) < 4.78 is 7.70. The Morgan fingerprint density at radius 2 is 2.07 bits per heavy atom. The number of ether oxygens (including phenoxy) is 1. The summed E-state index contributed by atoms with van der Waals surface area (Å²) in [7, 11) is 0. The molecule has 0 spiro atoms. The van der Waals surface area contributed by atoms with Gasteiger partial charge in [0.25, 0.3) is 5.91 Å². The molecule has 0 saturated carbocycles. The maximum atomic E-state index is 12.9. The number of rotatable bonds is 6. The first-order valence-electron chi connectivity index (χ1n) is 9.94. The Bertz CT molecular complexity index is 957. The molecule has 2 aromatic heterocycles. The highest BCUT2D eigenvalue weighted by Crippen LogP contribution is 2.17. The van der Waals surface area contributed by atoms with E-state index in [2.05, 4.69) is 34.4 Å². The number of carbonyl (C=O) groups is 1. The Hall–Kier alpha value is -3.06. The number of aromatic nitrogens is 4. The maximum Gasteiger partial charge on any atom is 0.276 e. The highest BCUT2D eigenvalue weighted by atomic mass is 16.5. The minimum Gasteiger partial charge on any atom is -0.370 e. The van der Waals surface area contributed by atoms with Crippen molar-refractivity contribution in [1.82, 2.24) is 24.9 Å². The number of hydrogen-bond acceptors (Lipinski definition) is 5. The van der Waals surface area contributed by atoms with Crippen LogP contribution in [0.2, 0.25) is 0 Å². The fourth-order valence-corrected chi connectivity index (χ4v) is 3.54. The molecule has 0 unspecified atom stereocenters. The molecular weight excluding hydrogens is 366 g/mol. The third-order valence-corrected chi connectivity index (χ3v) is 5.21. The van der Waals surface area contributed by atoms with Gasteiger partial charge in [0, 0.05) is 19.3 Å². The maximum absolute atomic E-state index is 12.9. The Kier molecular flexibility index (Phi) is 5.95. The molecule has 150 valence electrons. The molecular formula is C22H25N5O2. The van der Waals surface area contributed by atoms with Gasteiger partial charge < -0.3 is 9.64 Å². The molecule has 0 bridgehead atoms. The van der Waals surface area contributed by atoms with Crippen molar-refractivity contribution < 1.29 is 9.53 Å². The van der Waals surface area contributed by atoms with E-state index < -0.39 is 0 Å². The summed E-state index contributed by atoms with van der Waals surface area (Å²) in [5, 5.41) is 8.25. The van der Waals surface area contributed by atoms with Crippen LogP contribution in [0.1, 0.15) is 40.2 Å². The average Bonchev–Trinajstić information content (AvgIpc) is 3.23. The summed E-state index contributed by atoms with van der Waals surface area (Å²) >= 11 is 0. The van der Waals surface area contributed by atoms with Gasteiger partial charge >= 0.3 is 0 Å². The van der Waals surface area contributed by atoms with Crippen molar-refractivity contribution in [3.8, 4) is 0 Å². The van der Waals surface area contributed by atoms with Gasteiger partial charge in [-0.2, -0.15) is 0 Å². The van der Waals surface area contributed by atoms with Gasteiger partial charge in [0.15, 0.2) is 5.69 Å². The summed E-state index contributed by atoms with van der Waals surface area (Å²) in [6.07, 6.45) is 5.35. The lowest BCUT2D eigenvalue weighted by molar-refractivity contribution is -0.00801. The lowest BCUT2D eigenvalue weighted by Crippen LogP contribution is -2.43. The van der Waals surface area contributed by atoms with Crippen LogP contribution >= 0.6 is 0 Å². The van der Waals surface area contributed by atoms with E-state index in [1.807, 2.05) is 35.2 Å². The molecule has 1 aliphatic heterocycles. The molecule has 1 saturated heterocycles. The molecule has 4 rings (SSSR count). The first-order chi connectivity index (χ1) is 14.2. The Morgan fingerprint density at radius 3 is 2.90 bits per heavy atom. The van der Waals surface area contributed by atoms with Crippen molar-refractivity contribution in [2.45, 2.75) is 39.0 Å². The molecule has 0 N–H and O–H groups in total. The smallest absolute Gasteiger partial charge is 0.276 e. The number of likely N-dealkylation sites (tertiary alicyclic amines) is 1. The van der Waals surface area contributed by atoms with Crippen molar-refractivity contribution in [3.05, 3.63) is 77.4 Å². The summed E-state index contributed by atoms with van der Waals surface area (Å²) in [5.74, 6) is -0.0906. The summed E-state index contributed by atoms with van der Waals surface area (Å²) in [6, 6.07) is 13.9. The second-order valence-corrected chi connectivity index (χ2v) is 7.38. The number of hydrogen-bond donors (Lipinski definition) is 0. The van der Waals surface area contributed by atoms with E-state index in [1.54, 1.807) is 17.1 Å². The first kappa shape index (κ1) is 19.3. The molecule has 1 atom stereocenters. The van der Waals surface area contributed by atoms with Crippen LogP contribution in [0.15, 0.2) is 54.9 Å². The lowest BCUT2D eigenvalue weighted by atomic mass is 10.1. The molecule has 1 aliphatic rings. The third kappa shape index (κ3) is 4.86. The fourth-order valence-electron chi connectivity index (χ4n) is 3.54. The van der Waals surface area contributed by atoms with Gasteiger partial charge in [0.2, 0.25) is 0 Å². The van der Waals surface area contributed by atoms with Crippen LogP contribution in [-0.2, 0) is 17.9 Å². The van der Waals surface area contributed by atoms with E-state index in [9.17, 15) is 4.79 Å². The van der Waals surface area contributed by atoms with Crippen LogP contribution in [0.4, 0.5) is 0 Å². The number of pyridine rings is 1. The summed E-state index contributed by atoms with van der Waals surface area (Å²) in [5.41, 5.74) is 3.64. The molecule has 3 heterocycles. The van der Waals surface area contributed by atoms with E-state index in [0.29, 0.717) is 31.9 Å². The van der Waals surface area contributed by atoms with Gasteiger partial charge in [-0.05, 0) is 43.0 Å². The standard InChI is InChI=1S/C22H25N5O2/c1-17-7-2-3-8-18(17)13-27-15-21(24-25-27)22(28)26-12-6-10-20(14-26)29-16-19-9-4-5-11-23-19/h2-5,7-9,11,15,20H,6,10,12-14,16H2,1H3/t20-/m0/s1. The molecule has 0 radical (unpaired) electrons. The summed E-state index contributed by atoms with van der Waals surface area (Å²) in [4.78, 5) is 19.0. The van der Waals surface area contributed by atoms with Crippen LogP contribution in [0.5, 0.6) is 0 Å². The minimum absolute atomic E-state index is 0.0109. The van der Waals surface area contributed by atoms with Gasteiger partial charge in [-0.1, -0.05) is 35.5 Å². The van der Waals surface area contributed by atoms with Crippen LogP contribution in [0.3, 0.4) is 0 Å². The van der Waals surface area contributed by atoms with Gasteiger partial charge in [0.1, 0.15) is 0 Å². The zero-order chi connectivity index (χ0) is 20.1. The number of carbonyl (C=O) groups excluding carboxylic acids is 1. The molecule has 3 aromatic rings. The molecule has 1 aromatic carbocycles. The SMILES string of the molecule is Cc1ccccc1Cn1cc(C(=O)N2CCC[C@H](OCc3ccccn3)C2)nn1. The molecule has 1 amide bonds. The van der Waals surface area contributed by atoms with Gasteiger partial charge in [-0.25, -0.2) is 4.68 Å². The highest BCUT2D eigenvalue weighted by molar-refractivity contribution is 5.92. The normalized spacial score (nSPS) is 16.7. The largest absolute Gasteiger partial charge is 0.370 e. The minimum atomic E-state index is -0.0906. The van der Waals surface area contributed by atoms with E-state index >= 15 is 0 Å². The first-order valence-corrected chi connectivity index (χ1v) is 9.94. The van der Waals surface area contributed by atoms with E-state index in [0.717, 1.165) is 24.1 Å². The third-order valence-electron chi connectivity index (χ3n) is 5.21. The molecule has 7 heteroatoms. The van der Waals surface area contributed by atoms with Crippen LogP contribution in [-0.4, -0.2) is 50.0 Å². The highest BCUT2D eigenvalue weighted by Gasteiger charge is 2.26. The van der Waals surface area contributed by atoms with Crippen molar-refractivity contribution in [1.29, 1.82) is 0 Å². The Labute approximate surface area is 170 Å². The van der Waals surface area contributed by atoms with E-state index in [4.69, 9.17) is 4.74 Å². The number of amides is 1. The zero-order valence-corrected chi connectivity index (χ0v) is 16.6. The fraction of sp³-hybridized carbons (Fsp3) is 0.364. The lowest BCUT2D eigenvalue weighted by Gasteiger charge is -2.32. The molecule has 0 aliphatic carbocycles. The molecule has 29 heavy (non-hydrogen) atoms. The quantitative estimate of drug-likeness (QED) is 0.646. The number of benzene rings is 1. The van der Waals surface area contributed by atoms with Crippen molar-refractivity contribution in [3.63, 3.8) is 0 Å². The van der Waals surface area contributed by atoms with Gasteiger partial charge in [-0.15, -0.1) is 5.10 Å². The number of piperidine rings is 1. The predicted octanol–water partition coefficient (Wildman–Crippen LogP) is 2.85. The Morgan fingerprint density at radius 1 is 1.21 bits per heavy atom. The number of aryl methyl sites for hydroxylation is 1.